The van der Waals surface area contributed by atoms with E-state index in [4.69, 9.17) is 10.00 Å². The lowest BCUT2D eigenvalue weighted by Crippen LogP contribution is -2.27. The number of nitriles is 1. The summed E-state index contributed by atoms with van der Waals surface area (Å²) in [6.07, 6.45) is 3.95. The van der Waals surface area contributed by atoms with Gasteiger partial charge in [0.05, 0.1) is 18.8 Å². The van der Waals surface area contributed by atoms with Gasteiger partial charge in [0, 0.05) is 6.54 Å². The highest BCUT2D eigenvalue weighted by Gasteiger charge is 2.18. The Labute approximate surface area is 120 Å². The van der Waals surface area contributed by atoms with Crippen molar-refractivity contribution in [3.8, 4) is 11.8 Å². The molecule has 1 saturated carbocycles. The Morgan fingerprint density at radius 2 is 2.10 bits per heavy atom. The Bertz CT molecular complexity index is 474. The highest BCUT2D eigenvalue weighted by molar-refractivity contribution is 5.45. The summed E-state index contributed by atoms with van der Waals surface area (Å²) in [5, 5.41) is 22.0. The molecule has 1 aromatic rings. The molecule has 4 nitrogen and oxygen atoms in total. The second kappa shape index (κ2) is 7.28. The van der Waals surface area contributed by atoms with Gasteiger partial charge in [0.25, 0.3) is 0 Å². The van der Waals surface area contributed by atoms with Crippen LogP contribution in [0.4, 0.5) is 0 Å². The predicted molar refractivity (Wildman–Crippen MR) is 77.4 cm³/mol. The Balaban J connectivity index is 1.81. The number of ether oxygens (including phenoxy) is 1. The molecule has 0 spiro atoms. The highest BCUT2D eigenvalue weighted by Crippen LogP contribution is 2.23. The number of aliphatic hydroxyl groups is 1. The molecular weight excluding hydrogens is 252 g/mol. The first-order valence-corrected chi connectivity index (χ1v) is 7.18. The fraction of sp³-hybridized carbons (Fsp3) is 0.562. The van der Waals surface area contributed by atoms with Crippen molar-refractivity contribution in [3.05, 3.63) is 29.3 Å². The monoisotopic (exact) mass is 274 g/mol. The van der Waals surface area contributed by atoms with Crippen molar-refractivity contribution >= 4 is 0 Å². The summed E-state index contributed by atoms with van der Waals surface area (Å²) in [6.45, 7) is 1.73. The van der Waals surface area contributed by atoms with E-state index >= 15 is 0 Å². The van der Waals surface area contributed by atoms with Crippen molar-refractivity contribution in [2.24, 2.45) is 5.92 Å². The lowest BCUT2D eigenvalue weighted by atomic mass is 9.87. The zero-order valence-electron chi connectivity index (χ0n) is 11.9. The minimum absolute atomic E-state index is 0.0916. The Morgan fingerprint density at radius 1 is 1.35 bits per heavy atom. The van der Waals surface area contributed by atoms with E-state index in [1.54, 1.807) is 7.11 Å². The van der Waals surface area contributed by atoms with Gasteiger partial charge in [-0.1, -0.05) is 6.07 Å². The first kappa shape index (κ1) is 14.8. The van der Waals surface area contributed by atoms with E-state index in [-0.39, 0.29) is 6.10 Å². The number of nitrogens with one attached hydrogen (secondary N) is 1. The van der Waals surface area contributed by atoms with Crippen LogP contribution >= 0.6 is 0 Å². The Morgan fingerprint density at radius 3 is 2.75 bits per heavy atom. The minimum atomic E-state index is -0.0916. The van der Waals surface area contributed by atoms with Gasteiger partial charge in [-0.05, 0) is 55.8 Å². The Kier molecular flexibility index (Phi) is 5.40. The molecule has 0 aromatic heterocycles. The van der Waals surface area contributed by atoms with Gasteiger partial charge in [-0.15, -0.1) is 0 Å². The molecule has 0 unspecified atom stereocenters. The molecule has 0 amide bonds. The van der Waals surface area contributed by atoms with Crippen LogP contribution < -0.4 is 10.1 Å². The van der Waals surface area contributed by atoms with E-state index < -0.39 is 0 Å². The number of hydrogen-bond acceptors (Lipinski definition) is 4. The van der Waals surface area contributed by atoms with Gasteiger partial charge in [0.2, 0.25) is 0 Å². The normalized spacial score (nSPS) is 22.2. The fourth-order valence-electron chi connectivity index (χ4n) is 2.72. The van der Waals surface area contributed by atoms with Gasteiger partial charge in [-0.2, -0.15) is 5.26 Å². The van der Waals surface area contributed by atoms with Crippen LogP contribution in [0.3, 0.4) is 0 Å². The minimum Gasteiger partial charge on any atom is -0.495 e. The number of rotatable bonds is 5. The van der Waals surface area contributed by atoms with Crippen molar-refractivity contribution in [2.75, 3.05) is 13.7 Å². The summed E-state index contributed by atoms with van der Waals surface area (Å²) >= 11 is 0. The summed E-state index contributed by atoms with van der Waals surface area (Å²) in [4.78, 5) is 0. The third kappa shape index (κ3) is 3.96. The van der Waals surface area contributed by atoms with E-state index in [1.165, 1.54) is 0 Å². The van der Waals surface area contributed by atoms with Crippen molar-refractivity contribution < 1.29 is 9.84 Å². The van der Waals surface area contributed by atoms with Crippen molar-refractivity contribution in [3.63, 3.8) is 0 Å². The maximum absolute atomic E-state index is 9.47. The second-order valence-corrected chi connectivity index (χ2v) is 5.45. The predicted octanol–water partition coefficient (Wildman–Crippen LogP) is 2.21. The van der Waals surface area contributed by atoms with E-state index in [0.29, 0.717) is 17.2 Å². The summed E-state index contributed by atoms with van der Waals surface area (Å²) in [7, 11) is 1.57. The van der Waals surface area contributed by atoms with Gasteiger partial charge >= 0.3 is 0 Å². The summed E-state index contributed by atoms with van der Waals surface area (Å²) in [5.74, 6) is 1.28. The standard InChI is InChI=1S/C16H22N2O2/c1-20-16-7-4-13(8-14(16)9-17)11-18-10-12-2-5-15(19)6-3-12/h4,7-8,12,15,18-19H,2-3,5-6,10-11H2,1H3. The lowest BCUT2D eigenvalue weighted by Gasteiger charge is -2.25. The molecule has 1 aliphatic rings. The molecule has 20 heavy (non-hydrogen) atoms. The molecule has 2 N–H and O–H groups in total. The van der Waals surface area contributed by atoms with Crippen LogP contribution in [0.5, 0.6) is 5.75 Å². The summed E-state index contributed by atoms with van der Waals surface area (Å²) in [6, 6.07) is 7.85. The molecule has 2 rings (SSSR count). The molecule has 0 bridgehead atoms. The number of aliphatic hydroxyl groups excluding tert-OH is 1. The molecule has 4 heteroatoms. The zero-order valence-corrected chi connectivity index (χ0v) is 11.9. The third-order valence-corrected chi connectivity index (χ3v) is 3.96. The van der Waals surface area contributed by atoms with Gasteiger partial charge in [0.1, 0.15) is 11.8 Å². The van der Waals surface area contributed by atoms with Crippen LogP contribution in [-0.4, -0.2) is 24.9 Å². The van der Waals surface area contributed by atoms with Crippen LogP contribution in [0, 0.1) is 17.2 Å². The van der Waals surface area contributed by atoms with Crippen LogP contribution in [-0.2, 0) is 6.54 Å². The highest BCUT2D eigenvalue weighted by atomic mass is 16.5. The van der Waals surface area contributed by atoms with Gasteiger partial charge in [-0.3, -0.25) is 0 Å². The smallest absolute Gasteiger partial charge is 0.136 e. The van der Waals surface area contributed by atoms with Crippen molar-refractivity contribution in [2.45, 2.75) is 38.3 Å². The number of hydrogen-bond donors (Lipinski definition) is 2. The average molecular weight is 274 g/mol. The first-order valence-electron chi connectivity index (χ1n) is 7.18. The largest absolute Gasteiger partial charge is 0.495 e. The topological polar surface area (TPSA) is 65.3 Å². The van der Waals surface area contributed by atoms with E-state index in [9.17, 15) is 5.11 Å². The molecule has 0 heterocycles. The van der Waals surface area contributed by atoms with Gasteiger partial charge < -0.3 is 15.2 Å². The lowest BCUT2D eigenvalue weighted by molar-refractivity contribution is 0.108. The summed E-state index contributed by atoms with van der Waals surface area (Å²) in [5.41, 5.74) is 1.67. The molecule has 0 atom stereocenters. The molecule has 0 radical (unpaired) electrons. The van der Waals surface area contributed by atoms with Gasteiger partial charge in [0.15, 0.2) is 0 Å². The maximum Gasteiger partial charge on any atom is 0.136 e. The van der Waals surface area contributed by atoms with E-state index in [1.807, 2.05) is 18.2 Å². The average Bonchev–Trinajstić information content (AvgIpc) is 2.49. The number of nitrogens with zero attached hydrogens (tertiary/aromatic N) is 1. The van der Waals surface area contributed by atoms with Crippen LogP contribution in [0.15, 0.2) is 18.2 Å². The van der Waals surface area contributed by atoms with Crippen LogP contribution in [0.2, 0.25) is 0 Å². The number of benzene rings is 1. The SMILES string of the molecule is COc1ccc(CNCC2CCC(O)CC2)cc1C#N. The molecule has 0 saturated heterocycles. The summed E-state index contributed by atoms with van der Waals surface area (Å²) < 4.78 is 5.13. The van der Waals surface area contributed by atoms with E-state index in [0.717, 1.165) is 44.3 Å². The van der Waals surface area contributed by atoms with Crippen LogP contribution in [0.25, 0.3) is 0 Å². The second-order valence-electron chi connectivity index (χ2n) is 5.45. The molecule has 1 fully saturated rings. The maximum atomic E-state index is 9.47. The molecule has 108 valence electrons. The molecular formula is C16H22N2O2. The van der Waals surface area contributed by atoms with E-state index in [2.05, 4.69) is 11.4 Å². The third-order valence-electron chi connectivity index (χ3n) is 3.96. The Hall–Kier alpha value is -1.57. The van der Waals surface area contributed by atoms with Gasteiger partial charge in [-0.25, -0.2) is 0 Å². The molecule has 0 aliphatic heterocycles. The van der Waals surface area contributed by atoms with Crippen molar-refractivity contribution in [1.29, 1.82) is 5.26 Å². The quantitative estimate of drug-likeness (QED) is 0.864. The fourth-order valence-corrected chi connectivity index (χ4v) is 2.72. The molecule has 1 aromatic carbocycles. The first-order chi connectivity index (χ1) is 9.72. The van der Waals surface area contributed by atoms with Crippen molar-refractivity contribution in [1.82, 2.24) is 5.32 Å². The number of methoxy groups -OCH3 is 1. The zero-order chi connectivity index (χ0) is 14.4. The van der Waals surface area contributed by atoms with Crippen LogP contribution in [0.1, 0.15) is 36.8 Å². The molecule has 1 aliphatic carbocycles.